The molecule has 22 heavy (non-hydrogen) atoms. The highest BCUT2D eigenvalue weighted by atomic mass is 16.5. The zero-order valence-corrected chi connectivity index (χ0v) is 13.3. The van der Waals surface area contributed by atoms with Crippen LogP contribution in [-0.4, -0.2) is 40.8 Å². The molecule has 5 unspecified atom stereocenters. The van der Waals surface area contributed by atoms with Crippen LogP contribution in [0.1, 0.15) is 44.7 Å². The molecule has 4 nitrogen and oxygen atoms in total. The lowest BCUT2D eigenvalue weighted by Crippen LogP contribution is -2.64. The van der Waals surface area contributed by atoms with Gasteiger partial charge in [0.15, 0.2) is 0 Å². The van der Waals surface area contributed by atoms with Crippen molar-refractivity contribution < 1.29 is 14.6 Å². The SMILES string of the molecule is CCOC(=O)C1C2CCC(C(O)C2)N1C(C)c1ccccc1. The first-order valence-corrected chi connectivity index (χ1v) is 8.30. The van der Waals surface area contributed by atoms with Crippen LogP contribution in [0.15, 0.2) is 30.3 Å². The number of benzene rings is 1. The summed E-state index contributed by atoms with van der Waals surface area (Å²) >= 11 is 0. The maximum atomic E-state index is 12.5. The summed E-state index contributed by atoms with van der Waals surface area (Å²) in [6, 6.07) is 10.1. The van der Waals surface area contributed by atoms with Crippen molar-refractivity contribution in [2.24, 2.45) is 5.92 Å². The van der Waals surface area contributed by atoms with E-state index in [0.29, 0.717) is 13.0 Å². The quantitative estimate of drug-likeness (QED) is 0.868. The number of rotatable bonds is 4. The topological polar surface area (TPSA) is 49.8 Å². The van der Waals surface area contributed by atoms with Crippen molar-refractivity contribution in [3.05, 3.63) is 35.9 Å². The zero-order chi connectivity index (χ0) is 15.7. The molecule has 1 saturated carbocycles. The number of carbonyl (C=O) groups excluding carboxylic acids is 1. The second-order valence-corrected chi connectivity index (χ2v) is 6.44. The maximum Gasteiger partial charge on any atom is 0.323 e. The molecular formula is C18H25NO3. The van der Waals surface area contributed by atoms with E-state index in [0.717, 1.165) is 12.8 Å². The molecule has 1 N–H and O–H groups in total. The molecule has 2 heterocycles. The predicted octanol–water partition coefficient (Wildman–Crippen LogP) is 2.52. The lowest BCUT2D eigenvalue weighted by molar-refractivity contribution is -0.170. The average molecular weight is 303 g/mol. The first kappa shape index (κ1) is 15.5. The highest BCUT2D eigenvalue weighted by Crippen LogP contribution is 2.44. The Morgan fingerprint density at radius 1 is 1.36 bits per heavy atom. The molecule has 1 aliphatic carbocycles. The molecule has 0 radical (unpaired) electrons. The van der Waals surface area contributed by atoms with E-state index in [1.54, 1.807) is 0 Å². The molecule has 3 fully saturated rings. The predicted molar refractivity (Wildman–Crippen MR) is 84.3 cm³/mol. The van der Waals surface area contributed by atoms with Crippen LogP contribution in [0, 0.1) is 5.92 Å². The first-order chi connectivity index (χ1) is 10.6. The van der Waals surface area contributed by atoms with Crippen LogP contribution in [0.5, 0.6) is 0 Å². The van der Waals surface area contributed by atoms with Gasteiger partial charge in [0, 0.05) is 12.1 Å². The summed E-state index contributed by atoms with van der Waals surface area (Å²) in [5.74, 6) is 0.0668. The fourth-order valence-corrected chi connectivity index (χ4v) is 4.22. The van der Waals surface area contributed by atoms with E-state index in [1.165, 1.54) is 5.56 Å². The van der Waals surface area contributed by atoms with Crippen LogP contribution in [0.2, 0.25) is 0 Å². The zero-order valence-electron chi connectivity index (χ0n) is 13.3. The number of aliphatic hydroxyl groups excluding tert-OH is 1. The molecule has 5 atom stereocenters. The average Bonchev–Trinajstić information content (AvgIpc) is 2.54. The Labute approximate surface area is 132 Å². The summed E-state index contributed by atoms with van der Waals surface area (Å²) in [7, 11) is 0. The Bertz CT molecular complexity index is 518. The van der Waals surface area contributed by atoms with Crippen molar-refractivity contribution in [2.45, 2.75) is 57.3 Å². The monoisotopic (exact) mass is 303 g/mol. The van der Waals surface area contributed by atoms with Gasteiger partial charge in [-0.05, 0) is 44.6 Å². The van der Waals surface area contributed by atoms with Gasteiger partial charge in [0.1, 0.15) is 6.04 Å². The standard InChI is InChI=1S/C18H25NO3/c1-3-22-18(21)17-14-9-10-15(16(20)11-14)19(17)12(2)13-7-5-4-6-8-13/h4-8,12,14-17,20H,3,9-11H2,1-2H3. The maximum absolute atomic E-state index is 12.5. The fourth-order valence-electron chi connectivity index (χ4n) is 4.22. The van der Waals surface area contributed by atoms with Crippen LogP contribution < -0.4 is 0 Å². The van der Waals surface area contributed by atoms with Gasteiger partial charge in [-0.1, -0.05) is 30.3 Å². The summed E-state index contributed by atoms with van der Waals surface area (Å²) in [5, 5.41) is 10.4. The van der Waals surface area contributed by atoms with Crippen LogP contribution >= 0.6 is 0 Å². The molecule has 0 spiro atoms. The number of aliphatic hydroxyl groups is 1. The van der Waals surface area contributed by atoms with Gasteiger partial charge in [0.05, 0.1) is 12.7 Å². The van der Waals surface area contributed by atoms with Crippen molar-refractivity contribution in [3.63, 3.8) is 0 Å². The van der Waals surface area contributed by atoms with Gasteiger partial charge in [0.2, 0.25) is 0 Å². The molecular weight excluding hydrogens is 278 g/mol. The summed E-state index contributed by atoms with van der Waals surface area (Å²) in [6.07, 6.45) is 2.34. The third kappa shape index (κ3) is 2.66. The number of hydrogen-bond donors (Lipinski definition) is 1. The van der Waals surface area contributed by atoms with E-state index in [2.05, 4.69) is 24.0 Å². The van der Waals surface area contributed by atoms with Gasteiger partial charge >= 0.3 is 5.97 Å². The van der Waals surface area contributed by atoms with E-state index >= 15 is 0 Å². The van der Waals surface area contributed by atoms with Gasteiger partial charge in [-0.15, -0.1) is 0 Å². The van der Waals surface area contributed by atoms with Gasteiger partial charge in [-0.25, -0.2) is 0 Å². The highest BCUT2D eigenvalue weighted by molar-refractivity contribution is 5.76. The van der Waals surface area contributed by atoms with Crippen molar-refractivity contribution in [3.8, 4) is 0 Å². The summed E-state index contributed by atoms with van der Waals surface area (Å²) < 4.78 is 5.32. The van der Waals surface area contributed by atoms with E-state index in [-0.39, 0.29) is 36.1 Å². The van der Waals surface area contributed by atoms with Crippen LogP contribution in [-0.2, 0) is 9.53 Å². The summed E-state index contributed by atoms with van der Waals surface area (Å²) in [6.45, 7) is 4.37. The smallest absolute Gasteiger partial charge is 0.323 e. The molecule has 4 heteroatoms. The number of nitrogens with zero attached hydrogens (tertiary/aromatic N) is 1. The van der Waals surface area contributed by atoms with Crippen molar-refractivity contribution in [2.75, 3.05) is 6.61 Å². The largest absolute Gasteiger partial charge is 0.465 e. The van der Waals surface area contributed by atoms with Gasteiger partial charge < -0.3 is 9.84 Å². The molecule has 2 aliphatic heterocycles. The minimum Gasteiger partial charge on any atom is -0.465 e. The molecule has 1 aromatic rings. The third-order valence-corrected chi connectivity index (χ3v) is 5.23. The van der Waals surface area contributed by atoms with E-state index in [1.807, 2.05) is 25.1 Å². The Balaban J connectivity index is 1.91. The number of hydrogen-bond acceptors (Lipinski definition) is 4. The van der Waals surface area contributed by atoms with Crippen molar-refractivity contribution in [1.29, 1.82) is 0 Å². The second-order valence-electron chi connectivity index (χ2n) is 6.44. The highest BCUT2D eigenvalue weighted by Gasteiger charge is 2.51. The van der Waals surface area contributed by atoms with Crippen LogP contribution in [0.3, 0.4) is 0 Å². The lowest BCUT2D eigenvalue weighted by Gasteiger charge is -2.54. The van der Waals surface area contributed by atoms with Gasteiger partial charge in [-0.2, -0.15) is 0 Å². The summed E-state index contributed by atoms with van der Waals surface area (Å²) in [4.78, 5) is 14.7. The Morgan fingerprint density at radius 3 is 2.73 bits per heavy atom. The number of ether oxygens (including phenoxy) is 1. The van der Waals surface area contributed by atoms with E-state index in [9.17, 15) is 9.90 Å². The third-order valence-electron chi connectivity index (χ3n) is 5.23. The molecule has 0 aromatic heterocycles. The number of carbonyl (C=O) groups is 1. The lowest BCUT2D eigenvalue weighted by atomic mass is 9.72. The van der Waals surface area contributed by atoms with Crippen molar-refractivity contribution >= 4 is 5.97 Å². The fraction of sp³-hybridized carbons (Fsp3) is 0.611. The molecule has 2 saturated heterocycles. The van der Waals surface area contributed by atoms with E-state index < -0.39 is 0 Å². The first-order valence-electron chi connectivity index (χ1n) is 8.30. The van der Waals surface area contributed by atoms with Crippen molar-refractivity contribution in [1.82, 2.24) is 4.90 Å². The minimum absolute atomic E-state index is 0.0506. The molecule has 3 aliphatic rings. The van der Waals surface area contributed by atoms with Crippen LogP contribution in [0.4, 0.5) is 0 Å². The molecule has 2 bridgehead atoms. The molecule has 4 rings (SSSR count). The Hall–Kier alpha value is -1.39. The molecule has 120 valence electrons. The Kier molecular flexibility index (Phi) is 4.50. The van der Waals surface area contributed by atoms with E-state index in [4.69, 9.17) is 4.74 Å². The number of fused-ring (bicyclic) bond motifs is 3. The molecule has 0 amide bonds. The Morgan fingerprint density at radius 2 is 2.09 bits per heavy atom. The normalized spacial score (nSPS) is 32.7. The number of esters is 1. The summed E-state index contributed by atoms with van der Waals surface area (Å²) in [5.41, 5.74) is 1.18. The second kappa shape index (κ2) is 6.39. The number of piperidine rings is 2. The van der Waals surface area contributed by atoms with Crippen LogP contribution in [0.25, 0.3) is 0 Å². The minimum atomic E-state index is -0.337. The van der Waals surface area contributed by atoms with Gasteiger partial charge in [-0.3, -0.25) is 9.69 Å². The van der Waals surface area contributed by atoms with Gasteiger partial charge in [0.25, 0.3) is 0 Å². The molecule has 1 aromatic carbocycles.